The zero-order valence-electron chi connectivity index (χ0n) is 9.91. The van der Waals surface area contributed by atoms with Crippen molar-refractivity contribution in [1.29, 1.82) is 0 Å². The Balaban J connectivity index is 1.95. The van der Waals surface area contributed by atoms with Crippen molar-refractivity contribution in [2.75, 3.05) is 0 Å². The van der Waals surface area contributed by atoms with Crippen molar-refractivity contribution in [1.82, 2.24) is 9.55 Å². The summed E-state index contributed by atoms with van der Waals surface area (Å²) < 4.78 is 1.55. The minimum absolute atomic E-state index is 0.329. The van der Waals surface area contributed by atoms with Gasteiger partial charge in [-0.3, -0.25) is 14.3 Å². The second-order valence-corrected chi connectivity index (χ2v) is 5.40. The maximum atomic E-state index is 11.8. The lowest BCUT2D eigenvalue weighted by atomic mass is 9.83. The van der Waals surface area contributed by atoms with Crippen molar-refractivity contribution in [3.63, 3.8) is 0 Å². The number of nitrogens with one attached hydrogen (secondary N) is 1. The van der Waals surface area contributed by atoms with Gasteiger partial charge in [-0.15, -0.1) is 0 Å². The van der Waals surface area contributed by atoms with Gasteiger partial charge in [-0.2, -0.15) is 0 Å². The molecule has 0 radical (unpaired) electrons. The lowest BCUT2D eigenvalue weighted by Gasteiger charge is -2.25. The summed E-state index contributed by atoms with van der Waals surface area (Å²) in [5.41, 5.74) is -0.240. The van der Waals surface area contributed by atoms with Gasteiger partial charge in [-0.1, -0.05) is 30.9 Å². The Morgan fingerprint density at radius 2 is 2.17 bits per heavy atom. The molecule has 1 fully saturated rings. The number of hydrogen-bond donors (Lipinski definition) is 1. The lowest BCUT2D eigenvalue weighted by molar-refractivity contribution is 0.281. The van der Waals surface area contributed by atoms with E-state index in [-0.39, 0.29) is 11.2 Å². The van der Waals surface area contributed by atoms with Gasteiger partial charge >= 0.3 is 5.69 Å². The summed E-state index contributed by atoms with van der Waals surface area (Å²) in [7, 11) is 0. The van der Waals surface area contributed by atoms with Gasteiger partial charge in [0.2, 0.25) is 0 Å². The molecule has 1 saturated carbocycles. The van der Waals surface area contributed by atoms with Crippen LogP contribution in [-0.4, -0.2) is 14.7 Å². The van der Waals surface area contributed by atoms with Gasteiger partial charge in [0.1, 0.15) is 11.0 Å². The molecule has 1 aromatic heterocycles. The van der Waals surface area contributed by atoms with E-state index in [0.717, 1.165) is 6.42 Å². The van der Waals surface area contributed by atoms with Crippen molar-refractivity contribution in [2.24, 2.45) is 10.9 Å². The van der Waals surface area contributed by atoms with E-state index in [2.05, 4.69) is 9.98 Å². The van der Waals surface area contributed by atoms with Crippen LogP contribution in [0.1, 0.15) is 31.2 Å². The highest BCUT2D eigenvalue weighted by atomic mass is 35.5. The van der Waals surface area contributed by atoms with Crippen LogP contribution in [0, 0.1) is 5.92 Å². The van der Waals surface area contributed by atoms with Crippen molar-refractivity contribution < 1.29 is 0 Å². The standard InChI is InChI=1S/C12H14ClN3O2/c13-9-6-8-10(14-9)16(12(18)15-11(8)17)5-4-7-2-1-3-7/h7H,1-6H2,(H,15,17,18). The predicted molar refractivity (Wildman–Crippen MR) is 69.9 cm³/mol. The molecule has 1 aliphatic heterocycles. The molecule has 0 unspecified atom stereocenters. The average Bonchev–Trinajstić information content (AvgIpc) is 2.62. The number of H-pyrrole nitrogens is 1. The largest absolute Gasteiger partial charge is 0.329 e. The summed E-state index contributed by atoms with van der Waals surface area (Å²) in [6, 6.07) is 0. The third-order valence-electron chi connectivity index (χ3n) is 3.80. The molecule has 6 heteroatoms. The summed E-state index contributed by atoms with van der Waals surface area (Å²) in [5.74, 6) is 1.16. The summed E-state index contributed by atoms with van der Waals surface area (Å²) in [6.07, 6.45) is 5.06. The van der Waals surface area contributed by atoms with Gasteiger partial charge in [0.25, 0.3) is 5.56 Å². The minimum atomic E-state index is -0.381. The zero-order chi connectivity index (χ0) is 12.7. The molecule has 0 amide bonds. The number of hydrogen-bond acceptors (Lipinski definition) is 3. The number of halogens is 1. The molecule has 2 heterocycles. The number of aromatic amines is 1. The third kappa shape index (κ3) is 1.92. The Hall–Kier alpha value is -1.36. The van der Waals surface area contributed by atoms with Gasteiger partial charge in [-0.05, 0) is 12.3 Å². The molecular weight excluding hydrogens is 254 g/mol. The molecule has 1 aromatic rings. The van der Waals surface area contributed by atoms with E-state index in [0.29, 0.717) is 35.4 Å². The highest BCUT2D eigenvalue weighted by molar-refractivity contribution is 6.66. The summed E-state index contributed by atoms with van der Waals surface area (Å²) >= 11 is 5.86. The van der Waals surface area contributed by atoms with E-state index in [1.807, 2.05) is 0 Å². The fourth-order valence-corrected chi connectivity index (χ4v) is 2.70. The van der Waals surface area contributed by atoms with Crippen LogP contribution in [0.5, 0.6) is 0 Å². The molecule has 5 nitrogen and oxygen atoms in total. The maximum absolute atomic E-state index is 11.8. The van der Waals surface area contributed by atoms with Crippen LogP contribution in [0.25, 0.3) is 0 Å². The lowest BCUT2D eigenvalue weighted by Crippen LogP contribution is -2.32. The molecule has 1 aliphatic carbocycles. The van der Waals surface area contributed by atoms with Gasteiger partial charge < -0.3 is 0 Å². The number of aliphatic imine (C=N–C) groups is 1. The fraction of sp³-hybridized carbons (Fsp3) is 0.583. The summed E-state index contributed by atoms with van der Waals surface area (Å²) in [6.45, 7) is 0.607. The highest BCUT2D eigenvalue weighted by Crippen LogP contribution is 2.30. The van der Waals surface area contributed by atoms with Crippen LogP contribution < -0.4 is 11.2 Å². The first-order valence-corrected chi connectivity index (χ1v) is 6.62. The summed E-state index contributed by atoms with van der Waals surface area (Å²) in [4.78, 5) is 29.9. The molecule has 0 saturated heterocycles. The number of fused-ring (bicyclic) bond motifs is 1. The third-order valence-corrected chi connectivity index (χ3v) is 4.02. The molecule has 1 N–H and O–H groups in total. The normalized spacial score (nSPS) is 18.4. The van der Waals surface area contributed by atoms with E-state index >= 15 is 0 Å². The monoisotopic (exact) mass is 267 g/mol. The Labute approximate surface area is 109 Å². The highest BCUT2D eigenvalue weighted by Gasteiger charge is 2.23. The molecule has 0 bridgehead atoms. The Kier molecular flexibility index (Phi) is 2.86. The SMILES string of the molecule is O=c1[nH]c(=O)n(CCC2CCC2)c2c1CC(Cl)=N2. The van der Waals surface area contributed by atoms with E-state index < -0.39 is 0 Å². The molecule has 96 valence electrons. The maximum Gasteiger partial charge on any atom is 0.329 e. The Morgan fingerprint density at radius 3 is 2.83 bits per heavy atom. The molecule has 3 rings (SSSR count). The van der Waals surface area contributed by atoms with Crippen LogP contribution in [0.2, 0.25) is 0 Å². The van der Waals surface area contributed by atoms with Gasteiger partial charge in [0, 0.05) is 13.0 Å². The quantitative estimate of drug-likeness (QED) is 0.903. The average molecular weight is 268 g/mol. The van der Waals surface area contributed by atoms with Crippen molar-refractivity contribution in [2.45, 2.75) is 38.6 Å². The Morgan fingerprint density at radius 1 is 1.39 bits per heavy atom. The van der Waals surface area contributed by atoms with Crippen molar-refractivity contribution in [3.05, 3.63) is 26.4 Å². The molecule has 0 aromatic carbocycles. The van der Waals surface area contributed by atoms with Crippen molar-refractivity contribution in [3.8, 4) is 0 Å². The van der Waals surface area contributed by atoms with E-state index in [1.54, 1.807) is 4.57 Å². The molecule has 18 heavy (non-hydrogen) atoms. The zero-order valence-corrected chi connectivity index (χ0v) is 10.7. The van der Waals surface area contributed by atoms with Crippen LogP contribution >= 0.6 is 11.6 Å². The van der Waals surface area contributed by atoms with Gasteiger partial charge in [-0.25, -0.2) is 9.79 Å². The first-order valence-electron chi connectivity index (χ1n) is 6.24. The Bertz CT molecular complexity index is 625. The topological polar surface area (TPSA) is 67.2 Å². The second-order valence-electron chi connectivity index (χ2n) is 4.96. The van der Waals surface area contributed by atoms with E-state index in [9.17, 15) is 9.59 Å². The number of aromatic nitrogens is 2. The summed E-state index contributed by atoms with van der Waals surface area (Å²) in [5, 5.41) is 0.374. The fourth-order valence-electron chi connectivity index (χ4n) is 2.49. The molecular formula is C12H14ClN3O2. The number of rotatable bonds is 3. The van der Waals surface area contributed by atoms with Crippen molar-refractivity contribution >= 4 is 22.6 Å². The van der Waals surface area contributed by atoms with Gasteiger partial charge in [0.15, 0.2) is 0 Å². The number of nitrogens with zero attached hydrogens (tertiary/aromatic N) is 2. The smallest absolute Gasteiger partial charge is 0.278 e. The first kappa shape index (κ1) is 11.7. The molecule has 2 aliphatic rings. The van der Waals surface area contributed by atoms with Crippen LogP contribution in [-0.2, 0) is 13.0 Å². The van der Waals surface area contributed by atoms with Crippen LogP contribution in [0.15, 0.2) is 14.6 Å². The molecule has 0 spiro atoms. The second kappa shape index (κ2) is 4.39. The molecule has 0 atom stereocenters. The van der Waals surface area contributed by atoms with Crippen LogP contribution in [0.3, 0.4) is 0 Å². The first-order chi connectivity index (χ1) is 8.65. The minimum Gasteiger partial charge on any atom is -0.278 e. The predicted octanol–water partition coefficient (Wildman–Crippen LogP) is 1.55. The van der Waals surface area contributed by atoms with E-state index in [4.69, 9.17) is 11.6 Å². The van der Waals surface area contributed by atoms with E-state index in [1.165, 1.54) is 19.3 Å². The van der Waals surface area contributed by atoms with Crippen LogP contribution in [0.4, 0.5) is 5.82 Å². The van der Waals surface area contributed by atoms with Gasteiger partial charge in [0.05, 0.1) is 5.56 Å².